The fourth-order valence-corrected chi connectivity index (χ4v) is 2.82. The number of hydrogen-bond donors (Lipinski definition) is 1. The zero-order valence-electron chi connectivity index (χ0n) is 10.7. The summed E-state index contributed by atoms with van der Waals surface area (Å²) in [6, 6.07) is 7.42. The van der Waals surface area contributed by atoms with Gasteiger partial charge in [-0.2, -0.15) is 0 Å². The third-order valence-corrected chi connectivity index (χ3v) is 3.89. The van der Waals surface area contributed by atoms with Gasteiger partial charge in [0.25, 0.3) is 0 Å². The van der Waals surface area contributed by atoms with Crippen molar-refractivity contribution < 1.29 is 0 Å². The van der Waals surface area contributed by atoms with Crippen LogP contribution in [-0.4, -0.2) is 6.54 Å². The molecule has 1 heterocycles. The number of aryl methyl sites for hydroxylation is 2. The molecule has 1 aromatic rings. The van der Waals surface area contributed by atoms with Gasteiger partial charge in [-0.25, -0.2) is 0 Å². The Labute approximate surface area is 99.3 Å². The average Bonchev–Trinajstić information content (AvgIpc) is 2.29. The van der Waals surface area contributed by atoms with Crippen molar-refractivity contribution in [3.05, 3.63) is 34.9 Å². The molecule has 1 aliphatic rings. The van der Waals surface area contributed by atoms with Crippen LogP contribution in [0.5, 0.6) is 0 Å². The summed E-state index contributed by atoms with van der Waals surface area (Å²) in [4.78, 5) is 0. The molecule has 0 bridgehead atoms. The van der Waals surface area contributed by atoms with Crippen LogP contribution in [-0.2, 0) is 0 Å². The minimum atomic E-state index is 0.583. The van der Waals surface area contributed by atoms with Gasteiger partial charge < -0.3 is 5.32 Å². The van der Waals surface area contributed by atoms with Crippen LogP contribution in [0, 0.1) is 19.8 Å². The van der Waals surface area contributed by atoms with E-state index >= 15 is 0 Å². The van der Waals surface area contributed by atoms with Crippen molar-refractivity contribution in [2.75, 3.05) is 6.54 Å². The second-order valence-corrected chi connectivity index (χ2v) is 5.17. The first-order valence-corrected chi connectivity index (χ1v) is 6.51. The largest absolute Gasteiger partial charge is 0.310 e. The topological polar surface area (TPSA) is 12.0 Å². The SMILES string of the molecule is CCC1CCNC(c2ccc(C)cc2C)C1. The van der Waals surface area contributed by atoms with E-state index in [1.165, 1.54) is 42.5 Å². The first-order chi connectivity index (χ1) is 7.70. The Hall–Kier alpha value is -0.820. The fraction of sp³-hybridized carbons (Fsp3) is 0.600. The highest BCUT2D eigenvalue weighted by Gasteiger charge is 2.22. The monoisotopic (exact) mass is 217 g/mol. The third kappa shape index (κ3) is 2.46. The normalized spacial score (nSPS) is 25.7. The molecule has 0 amide bonds. The van der Waals surface area contributed by atoms with Gasteiger partial charge in [-0.15, -0.1) is 0 Å². The highest BCUT2D eigenvalue weighted by atomic mass is 14.9. The van der Waals surface area contributed by atoms with Crippen LogP contribution >= 0.6 is 0 Å². The Balaban J connectivity index is 2.16. The number of piperidine rings is 1. The average molecular weight is 217 g/mol. The first-order valence-electron chi connectivity index (χ1n) is 6.51. The molecule has 0 spiro atoms. The Morgan fingerprint density at radius 1 is 1.31 bits per heavy atom. The molecule has 2 unspecified atom stereocenters. The number of nitrogens with one attached hydrogen (secondary N) is 1. The summed E-state index contributed by atoms with van der Waals surface area (Å²) in [5.74, 6) is 0.909. The first kappa shape index (κ1) is 11.7. The van der Waals surface area contributed by atoms with Gasteiger partial charge in [-0.3, -0.25) is 0 Å². The number of hydrogen-bond acceptors (Lipinski definition) is 1. The number of rotatable bonds is 2. The molecule has 0 radical (unpaired) electrons. The maximum atomic E-state index is 3.66. The minimum absolute atomic E-state index is 0.583. The van der Waals surface area contributed by atoms with Crippen molar-refractivity contribution in [2.45, 2.75) is 46.1 Å². The minimum Gasteiger partial charge on any atom is -0.310 e. The molecule has 0 aliphatic carbocycles. The summed E-state index contributed by atoms with van der Waals surface area (Å²) in [6.45, 7) is 7.89. The maximum absolute atomic E-state index is 3.66. The Kier molecular flexibility index (Phi) is 3.65. The lowest BCUT2D eigenvalue weighted by Crippen LogP contribution is -2.32. The molecule has 2 rings (SSSR count). The van der Waals surface area contributed by atoms with Crippen molar-refractivity contribution >= 4 is 0 Å². The van der Waals surface area contributed by atoms with Crippen molar-refractivity contribution in [3.63, 3.8) is 0 Å². The molecule has 1 aliphatic heterocycles. The lowest BCUT2D eigenvalue weighted by molar-refractivity contribution is 0.298. The van der Waals surface area contributed by atoms with E-state index in [-0.39, 0.29) is 0 Å². The predicted octanol–water partition coefficient (Wildman–Crippen LogP) is 3.75. The van der Waals surface area contributed by atoms with Crippen molar-refractivity contribution in [1.82, 2.24) is 5.32 Å². The Morgan fingerprint density at radius 3 is 2.81 bits per heavy atom. The lowest BCUT2D eigenvalue weighted by atomic mass is 9.85. The zero-order valence-corrected chi connectivity index (χ0v) is 10.7. The molecule has 88 valence electrons. The van der Waals surface area contributed by atoms with E-state index in [0.717, 1.165) is 5.92 Å². The Bertz CT molecular complexity index is 356. The molecule has 1 nitrogen and oxygen atoms in total. The van der Waals surface area contributed by atoms with E-state index < -0.39 is 0 Å². The van der Waals surface area contributed by atoms with Gasteiger partial charge >= 0.3 is 0 Å². The van der Waals surface area contributed by atoms with Gasteiger partial charge in [0.1, 0.15) is 0 Å². The van der Waals surface area contributed by atoms with Crippen molar-refractivity contribution in [3.8, 4) is 0 Å². The zero-order chi connectivity index (χ0) is 11.5. The van der Waals surface area contributed by atoms with Crippen LogP contribution in [0.15, 0.2) is 18.2 Å². The van der Waals surface area contributed by atoms with Crippen LogP contribution in [0.3, 0.4) is 0 Å². The molecule has 2 atom stereocenters. The maximum Gasteiger partial charge on any atom is 0.0325 e. The van der Waals surface area contributed by atoms with Gasteiger partial charge in [0.05, 0.1) is 0 Å². The number of benzene rings is 1. The molecule has 1 heteroatoms. The van der Waals surface area contributed by atoms with Crippen LogP contribution in [0.4, 0.5) is 0 Å². The summed E-state index contributed by atoms with van der Waals surface area (Å²) in [6.07, 6.45) is 3.97. The Morgan fingerprint density at radius 2 is 2.12 bits per heavy atom. The fourth-order valence-electron chi connectivity index (χ4n) is 2.82. The molecular formula is C15H23N. The molecule has 0 aromatic heterocycles. The van der Waals surface area contributed by atoms with E-state index in [0.29, 0.717) is 6.04 Å². The van der Waals surface area contributed by atoms with Gasteiger partial charge in [0, 0.05) is 6.04 Å². The lowest BCUT2D eigenvalue weighted by Gasteiger charge is -2.31. The van der Waals surface area contributed by atoms with Crippen LogP contribution in [0.2, 0.25) is 0 Å². The third-order valence-electron chi connectivity index (χ3n) is 3.89. The summed E-state index contributed by atoms with van der Waals surface area (Å²) < 4.78 is 0. The predicted molar refractivity (Wildman–Crippen MR) is 69.7 cm³/mol. The van der Waals surface area contributed by atoms with Crippen LogP contribution in [0.25, 0.3) is 0 Å². The summed E-state index contributed by atoms with van der Waals surface area (Å²) in [5.41, 5.74) is 4.31. The molecule has 1 N–H and O–H groups in total. The van der Waals surface area contributed by atoms with Gasteiger partial charge in [-0.05, 0) is 50.3 Å². The van der Waals surface area contributed by atoms with Crippen molar-refractivity contribution in [1.29, 1.82) is 0 Å². The summed E-state index contributed by atoms with van der Waals surface area (Å²) in [7, 11) is 0. The van der Waals surface area contributed by atoms with Gasteiger partial charge in [-0.1, -0.05) is 37.1 Å². The van der Waals surface area contributed by atoms with Crippen molar-refractivity contribution in [2.24, 2.45) is 5.92 Å². The molecular weight excluding hydrogens is 194 g/mol. The summed E-state index contributed by atoms with van der Waals surface area (Å²) >= 11 is 0. The smallest absolute Gasteiger partial charge is 0.0325 e. The quantitative estimate of drug-likeness (QED) is 0.795. The highest BCUT2D eigenvalue weighted by Crippen LogP contribution is 2.30. The van der Waals surface area contributed by atoms with E-state index in [1.807, 2.05) is 0 Å². The van der Waals surface area contributed by atoms with E-state index in [1.54, 1.807) is 0 Å². The standard InChI is InChI=1S/C15H23N/c1-4-13-7-8-16-15(10-13)14-6-5-11(2)9-12(14)3/h5-6,9,13,15-16H,4,7-8,10H2,1-3H3. The molecule has 1 fully saturated rings. The molecule has 0 saturated carbocycles. The van der Waals surface area contributed by atoms with Gasteiger partial charge in [0.15, 0.2) is 0 Å². The van der Waals surface area contributed by atoms with Crippen LogP contribution in [0.1, 0.15) is 48.9 Å². The highest BCUT2D eigenvalue weighted by molar-refractivity contribution is 5.33. The second kappa shape index (κ2) is 5.01. The van der Waals surface area contributed by atoms with E-state index in [4.69, 9.17) is 0 Å². The molecule has 1 aromatic carbocycles. The van der Waals surface area contributed by atoms with E-state index in [2.05, 4.69) is 44.3 Å². The summed E-state index contributed by atoms with van der Waals surface area (Å²) in [5, 5.41) is 3.66. The second-order valence-electron chi connectivity index (χ2n) is 5.17. The molecule has 16 heavy (non-hydrogen) atoms. The van der Waals surface area contributed by atoms with E-state index in [9.17, 15) is 0 Å². The van der Waals surface area contributed by atoms with Gasteiger partial charge in [0.2, 0.25) is 0 Å². The van der Waals surface area contributed by atoms with Crippen LogP contribution < -0.4 is 5.32 Å². The molecule has 1 saturated heterocycles.